The van der Waals surface area contributed by atoms with Gasteiger partial charge < -0.3 is 9.15 Å². The molecule has 0 atom stereocenters. The van der Waals surface area contributed by atoms with E-state index in [-0.39, 0.29) is 21.5 Å². The predicted octanol–water partition coefficient (Wildman–Crippen LogP) is 2.12. The van der Waals surface area contributed by atoms with Gasteiger partial charge >= 0.3 is 5.97 Å². The van der Waals surface area contributed by atoms with E-state index in [1.54, 1.807) is 5.38 Å². The Labute approximate surface area is 164 Å². The fourth-order valence-electron chi connectivity index (χ4n) is 2.05. The molecule has 0 bridgehead atoms. The Morgan fingerprint density at radius 2 is 1.89 bits per heavy atom. The molecule has 2 N–H and O–H groups in total. The number of carbonyl (C=O) groups is 1. The third-order valence-electron chi connectivity index (χ3n) is 3.28. The number of sulfonamides is 2. The van der Waals surface area contributed by atoms with Crippen LogP contribution in [0.4, 0.5) is 10.8 Å². The SMILES string of the molecule is COC(=O)c1ccc(S(=O)(=O)Nc2cccc(S(=O)(=O)Nc3nccs3)c2)o1. The second-order valence-electron chi connectivity index (χ2n) is 5.19. The van der Waals surface area contributed by atoms with Crippen LogP contribution in [0.1, 0.15) is 10.6 Å². The average molecular weight is 443 g/mol. The Kier molecular flexibility index (Phi) is 5.40. The molecule has 0 aliphatic carbocycles. The van der Waals surface area contributed by atoms with Gasteiger partial charge in [0.25, 0.3) is 20.0 Å². The molecule has 0 spiro atoms. The topological polar surface area (TPSA) is 145 Å². The number of anilines is 2. The van der Waals surface area contributed by atoms with Gasteiger partial charge in [-0.3, -0.25) is 9.44 Å². The second kappa shape index (κ2) is 7.61. The molecule has 2 aromatic heterocycles. The third kappa shape index (κ3) is 4.32. The molecule has 13 heteroatoms. The molecular formula is C15H13N3O7S3. The third-order valence-corrected chi connectivity index (χ3v) is 6.69. The molecule has 0 aliphatic heterocycles. The Balaban J connectivity index is 1.84. The fourth-order valence-corrected chi connectivity index (χ4v) is 4.87. The summed E-state index contributed by atoms with van der Waals surface area (Å²) in [6.45, 7) is 0. The number of benzene rings is 1. The maximum absolute atomic E-state index is 12.4. The van der Waals surface area contributed by atoms with Gasteiger partial charge in [0.15, 0.2) is 5.13 Å². The van der Waals surface area contributed by atoms with E-state index >= 15 is 0 Å². The van der Waals surface area contributed by atoms with Gasteiger partial charge in [0.2, 0.25) is 10.9 Å². The van der Waals surface area contributed by atoms with Crippen LogP contribution in [-0.4, -0.2) is 34.9 Å². The Hall–Kier alpha value is -2.90. The number of nitrogens with one attached hydrogen (secondary N) is 2. The molecule has 28 heavy (non-hydrogen) atoms. The number of nitrogens with zero attached hydrogens (tertiary/aromatic N) is 1. The summed E-state index contributed by atoms with van der Waals surface area (Å²) >= 11 is 1.10. The lowest BCUT2D eigenvalue weighted by Gasteiger charge is -2.09. The monoisotopic (exact) mass is 443 g/mol. The van der Waals surface area contributed by atoms with Gasteiger partial charge in [-0.1, -0.05) is 6.07 Å². The number of ether oxygens (including phenoxy) is 1. The van der Waals surface area contributed by atoms with Crippen molar-refractivity contribution in [2.75, 3.05) is 16.6 Å². The molecule has 10 nitrogen and oxygen atoms in total. The standard InChI is InChI=1S/C15H13N3O7S3/c1-24-14(19)12-5-6-13(25-12)28(22,23)17-10-3-2-4-11(9-10)27(20,21)18-15-16-7-8-26-15/h2-9,17H,1H3,(H,16,18). The molecule has 3 rings (SSSR count). The van der Waals surface area contributed by atoms with Crippen molar-refractivity contribution in [3.05, 3.63) is 53.7 Å². The van der Waals surface area contributed by atoms with Crippen molar-refractivity contribution in [1.29, 1.82) is 0 Å². The van der Waals surface area contributed by atoms with E-state index in [1.165, 1.54) is 24.4 Å². The number of rotatable bonds is 7. The van der Waals surface area contributed by atoms with Gasteiger partial charge in [0.1, 0.15) is 0 Å². The molecule has 0 radical (unpaired) electrons. The summed E-state index contributed by atoms with van der Waals surface area (Å²) < 4.78 is 63.6. The van der Waals surface area contributed by atoms with E-state index in [0.717, 1.165) is 36.6 Å². The molecule has 3 aromatic rings. The summed E-state index contributed by atoms with van der Waals surface area (Å²) in [6, 6.07) is 7.41. The Bertz CT molecular complexity index is 1200. The predicted molar refractivity (Wildman–Crippen MR) is 100 cm³/mol. The van der Waals surface area contributed by atoms with Gasteiger partial charge in [0.05, 0.1) is 17.7 Å². The zero-order chi connectivity index (χ0) is 20.4. The van der Waals surface area contributed by atoms with Gasteiger partial charge in [-0.25, -0.2) is 18.2 Å². The van der Waals surface area contributed by atoms with Gasteiger partial charge in [0, 0.05) is 11.6 Å². The van der Waals surface area contributed by atoms with Crippen molar-refractivity contribution in [2.24, 2.45) is 0 Å². The van der Waals surface area contributed by atoms with Gasteiger partial charge in [-0.05, 0) is 30.3 Å². The average Bonchev–Trinajstić information content (AvgIpc) is 3.32. The maximum atomic E-state index is 12.4. The fraction of sp³-hybridized carbons (Fsp3) is 0.0667. The second-order valence-corrected chi connectivity index (χ2v) is 9.38. The highest BCUT2D eigenvalue weighted by Gasteiger charge is 2.23. The molecule has 1 aromatic carbocycles. The first-order chi connectivity index (χ1) is 13.2. The first-order valence-corrected chi connectivity index (χ1v) is 11.3. The van der Waals surface area contributed by atoms with Gasteiger partial charge in [-0.2, -0.15) is 8.42 Å². The van der Waals surface area contributed by atoms with Crippen LogP contribution in [0, 0.1) is 0 Å². The lowest BCUT2D eigenvalue weighted by molar-refractivity contribution is 0.0559. The summed E-state index contributed by atoms with van der Waals surface area (Å²) in [5.41, 5.74) is -0.0157. The normalized spacial score (nSPS) is 11.8. The Morgan fingerprint density at radius 3 is 2.57 bits per heavy atom. The molecule has 2 heterocycles. The van der Waals surface area contributed by atoms with Crippen molar-refractivity contribution in [2.45, 2.75) is 9.99 Å². The summed E-state index contributed by atoms with van der Waals surface area (Å²) in [4.78, 5) is 15.1. The minimum Gasteiger partial charge on any atom is -0.463 e. The van der Waals surface area contributed by atoms with Crippen LogP contribution < -0.4 is 9.44 Å². The number of carbonyl (C=O) groups excluding carboxylic acids is 1. The van der Waals surface area contributed by atoms with E-state index < -0.39 is 31.1 Å². The molecule has 0 fully saturated rings. The van der Waals surface area contributed by atoms with E-state index in [2.05, 4.69) is 19.2 Å². The van der Waals surface area contributed by atoms with Crippen molar-refractivity contribution >= 4 is 48.2 Å². The number of thiazole rings is 1. The van der Waals surface area contributed by atoms with Crippen LogP contribution >= 0.6 is 11.3 Å². The van der Waals surface area contributed by atoms with Crippen molar-refractivity contribution in [3.63, 3.8) is 0 Å². The molecule has 0 aliphatic rings. The lowest BCUT2D eigenvalue weighted by Crippen LogP contribution is -2.15. The van der Waals surface area contributed by atoms with Crippen LogP contribution in [0.3, 0.4) is 0 Å². The number of hydrogen-bond acceptors (Lipinski definition) is 9. The number of hydrogen-bond donors (Lipinski definition) is 2. The van der Waals surface area contributed by atoms with Crippen molar-refractivity contribution < 1.29 is 30.8 Å². The highest BCUT2D eigenvalue weighted by molar-refractivity contribution is 7.93. The van der Waals surface area contributed by atoms with Crippen LogP contribution in [0.25, 0.3) is 0 Å². The van der Waals surface area contributed by atoms with E-state index in [9.17, 15) is 21.6 Å². The van der Waals surface area contributed by atoms with E-state index in [4.69, 9.17) is 4.42 Å². The van der Waals surface area contributed by atoms with Crippen LogP contribution in [0.5, 0.6) is 0 Å². The molecule has 0 unspecified atom stereocenters. The maximum Gasteiger partial charge on any atom is 0.374 e. The molecule has 148 valence electrons. The first kappa shape index (κ1) is 19.9. The van der Waals surface area contributed by atoms with Gasteiger partial charge in [-0.15, -0.1) is 11.3 Å². The van der Waals surface area contributed by atoms with Crippen LogP contribution in [0.2, 0.25) is 0 Å². The number of aromatic nitrogens is 1. The molecule has 0 saturated carbocycles. The summed E-state index contributed by atoms with van der Waals surface area (Å²) in [5.74, 6) is -1.12. The number of methoxy groups -OCH3 is 1. The smallest absolute Gasteiger partial charge is 0.374 e. The largest absolute Gasteiger partial charge is 0.463 e. The summed E-state index contributed by atoms with van der Waals surface area (Å²) in [6.07, 6.45) is 1.44. The zero-order valence-electron chi connectivity index (χ0n) is 14.1. The number of esters is 1. The summed E-state index contributed by atoms with van der Waals surface area (Å²) in [5, 5.41) is 1.26. The molecule has 0 saturated heterocycles. The van der Waals surface area contributed by atoms with E-state index in [0.29, 0.717) is 0 Å². The minimum absolute atomic E-state index is 0.0157. The quantitative estimate of drug-likeness (QED) is 0.528. The van der Waals surface area contributed by atoms with Crippen molar-refractivity contribution in [1.82, 2.24) is 4.98 Å². The zero-order valence-corrected chi connectivity index (χ0v) is 16.6. The first-order valence-electron chi connectivity index (χ1n) is 7.44. The summed E-state index contributed by atoms with van der Waals surface area (Å²) in [7, 11) is -7.03. The molecular weight excluding hydrogens is 430 g/mol. The highest BCUT2D eigenvalue weighted by atomic mass is 32.2. The Morgan fingerprint density at radius 1 is 1.11 bits per heavy atom. The van der Waals surface area contributed by atoms with Crippen molar-refractivity contribution in [3.8, 4) is 0 Å². The molecule has 0 amide bonds. The van der Waals surface area contributed by atoms with Crippen LogP contribution in [0.15, 0.2) is 62.4 Å². The lowest BCUT2D eigenvalue weighted by atomic mass is 10.3. The van der Waals surface area contributed by atoms with E-state index in [1.807, 2.05) is 0 Å². The highest BCUT2D eigenvalue weighted by Crippen LogP contribution is 2.23. The number of furan rings is 1. The minimum atomic E-state index is -4.20. The van der Waals surface area contributed by atoms with Crippen LogP contribution in [-0.2, 0) is 24.8 Å².